The fourth-order valence-corrected chi connectivity index (χ4v) is 2.70. The Labute approximate surface area is 152 Å². The molecule has 1 fully saturated rings. The molecule has 9 heteroatoms. The highest BCUT2D eigenvalue weighted by Gasteiger charge is 2.27. The van der Waals surface area contributed by atoms with Crippen molar-refractivity contribution >= 4 is 23.2 Å². The summed E-state index contributed by atoms with van der Waals surface area (Å²) in [6, 6.07) is 7.96. The first kappa shape index (κ1) is 18.3. The van der Waals surface area contributed by atoms with Gasteiger partial charge in [0.2, 0.25) is 0 Å². The van der Waals surface area contributed by atoms with Gasteiger partial charge in [-0.05, 0) is 36.8 Å². The number of nitrogens with one attached hydrogen (secondary N) is 1. The van der Waals surface area contributed by atoms with E-state index in [2.05, 4.69) is 10.1 Å². The van der Waals surface area contributed by atoms with E-state index in [1.807, 2.05) is 0 Å². The highest BCUT2D eigenvalue weighted by atomic mass is 35.5. The average Bonchev–Trinajstić information content (AvgIpc) is 3.10. The number of carbonyl (C=O) groups is 1. The van der Waals surface area contributed by atoms with Crippen molar-refractivity contribution in [3.63, 3.8) is 0 Å². The molecule has 2 heterocycles. The molecule has 0 spiro atoms. The highest BCUT2D eigenvalue weighted by molar-refractivity contribution is 6.20. The van der Waals surface area contributed by atoms with Gasteiger partial charge >= 0.3 is 5.57 Å². The van der Waals surface area contributed by atoms with Crippen LogP contribution in [-0.4, -0.2) is 29.3 Å². The molecule has 1 aromatic heterocycles. The van der Waals surface area contributed by atoms with Crippen molar-refractivity contribution in [2.24, 2.45) is 0 Å². The first-order valence-corrected chi connectivity index (χ1v) is 8.17. The number of nitrogens with zero attached hydrogens (tertiary/aromatic N) is 1. The summed E-state index contributed by atoms with van der Waals surface area (Å²) in [4.78, 5) is 24.4. The second kappa shape index (κ2) is 7.43. The lowest BCUT2D eigenvalue weighted by molar-refractivity contribution is -0.0964. The number of hydrogen-bond acceptors (Lipinski definition) is 4. The maximum Gasteiger partial charge on any atom is 0.487 e. The highest BCUT2D eigenvalue weighted by Crippen LogP contribution is 2.26. The van der Waals surface area contributed by atoms with E-state index in [0.29, 0.717) is 30.9 Å². The molecule has 1 N–H and O–H groups in total. The molecule has 1 aromatic carbocycles. The first-order chi connectivity index (χ1) is 12.3. The fourth-order valence-electron chi connectivity index (χ4n) is 2.61. The number of halogens is 3. The van der Waals surface area contributed by atoms with Crippen LogP contribution in [0.2, 0.25) is 0 Å². The Hall–Kier alpha value is -2.45. The summed E-state index contributed by atoms with van der Waals surface area (Å²) in [7, 11) is 0. The predicted molar refractivity (Wildman–Crippen MR) is 91.0 cm³/mol. The number of alkyl halides is 3. The van der Waals surface area contributed by atoms with Gasteiger partial charge in [0.1, 0.15) is 5.75 Å². The molecule has 0 saturated carbocycles. The van der Waals surface area contributed by atoms with Crippen molar-refractivity contribution in [3.8, 4) is 5.75 Å². The molecule has 1 atom stereocenters. The number of carbonyl (C=O) groups excluding carboxylic acids is 1. The zero-order chi connectivity index (χ0) is 18.7. The lowest BCUT2D eigenvalue weighted by atomic mass is 10.2. The molecular formula is C17H15ClF2N2O4. The zero-order valence-electron chi connectivity index (χ0n) is 13.5. The van der Waals surface area contributed by atoms with E-state index >= 15 is 0 Å². The van der Waals surface area contributed by atoms with Gasteiger partial charge in [-0.1, -0.05) is 0 Å². The van der Waals surface area contributed by atoms with Gasteiger partial charge in [-0.15, -0.1) is 8.78 Å². The Morgan fingerprint density at radius 1 is 1.27 bits per heavy atom. The molecule has 6 nitrogen and oxygen atoms in total. The number of aromatic nitrogens is 1. The predicted octanol–water partition coefficient (Wildman–Crippen LogP) is 3.23. The summed E-state index contributed by atoms with van der Waals surface area (Å²) in [6.07, 6.45) is 2.19. The molecule has 1 amide bonds. The lowest BCUT2D eigenvalue weighted by Gasteiger charge is -2.14. The molecule has 1 saturated heterocycles. The summed E-state index contributed by atoms with van der Waals surface area (Å²) >= 11 is 4.69. The maximum atomic E-state index is 12.6. The number of ether oxygens (including phenoxy) is 2. The third-order valence-electron chi connectivity index (χ3n) is 3.85. The van der Waals surface area contributed by atoms with Crippen LogP contribution >= 0.6 is 11.6 Å². The second-order valence-corrected chi connectivity index (χ2v) is 6.15. The van der Waals surface area contributed by atoms with Gasteiger partial charge in [0.25, 0.3) is 11.5 Å². The van der Waals surface area contributed by atoms with Crippen molar-refractivity contribution in [2.75, 3.05) is 18.5 Å². The van der Waals surface area contributed by atoms with Crippen LogP contribution in [0.5, 0.6) is 5.75 Å². The Morgan fingerprint density at radius 3 is 2.62 bits per heavy atom. The molecule has 138 valence electrons. The van der Waals surface area contributed by atoms with Gasteiger partial charge in [-0.25, -0.2) is 0 Å². The van der Waals surface area contributed by atoms with E-state index in [4.69, 9.17) is 16.3 Å². The van der Waals surface area contributed by atoms with Crippen LogP contribution in [0.1, 0.15) is 22.8 Å². The van der Waals surface area contributed by atoms with Crippen molar-refractivity contribution < 1.29 is 23.0 Å². The number of anilines is 1. The second-order valence-electron chi connectivity index (χ2n) is 5.71. The SMILES string of the molecule is O=C(Nc1ccc(OC(F)(F)Cl)cc1)c1ccc(=O)n([C@H]2CCOC2)c1. The van der Waals surface area contributed by atoms with E-state index in [1.54, 1.807) is 0 Å². The molecule has 0 unspecified atom stereocenters. The minimum Gasteiger partial charge on any atom is -0.420 e. The molecule has 3 rings (SSSR count). The maximum absolute atomic E-state index is 12.6. The Morgan fingerprint density at radius 2 is 2.00 bits per heavy atom. The summed E-state index contributed by atoms with van der Waals surface area (Å²) in [6.45, 7) is 1.00. The molecule has 1 aliphatic rings. The molecule has 0 aliphatic carbocycles. The van der Waals surface area contributed by atoms with E-state index in [0.717, 1.165) is 0 Å². The fraction of sp³-hybridized carbons (Fsp3) is 0.294. The van der Waals surface area contributed by atoms with E-state index in [9.17, 15) is 18.4 Å². The van der Waals surface area contributed by atoms with E-state index < -0.39 is 11.5 Å². The van der Waals surface area contributed by atoms with Crippen LogP contribution in [0, 0.1) is 0 Å². The molecular weight excluding hydrogens is 370 g/mol. The van der Waals surface area contributed by atoms with Gasteiger partial charge in [0, 0.05) is 36.2 Å². The number of hydrogen-bond donors (Lipinski definition) is 1. The standard InChI is InChI=1S/C17H15ClF2N2O4/c18-17(19,20)26-14-4-2-12(3-5-14)21-16(24)11-1-6-15(23)22(9-11)13-7-8-25-10-13/h1-6,9,13H,7-8,10H2,(H,21,24)/t13-/m0/s1. The minimum atomic E-state index is -3.80. The van der Waals surface area contributed by atoms with Crippen LogP contribution in [0.3, 0.4) is 0 Å². The van der Waals surface area contributed by atoms with Gasteiger partial charge in [0.05, 0.1) is 18.2 Å². The lowest BCUT2D eigenvalue weighted by Crippen LogP contribution is -2.26. The van der Waals surface area contributed by atoms with Crippen molar-refractivity contribution in [2.45, 2.75) is 18.0 Å². The van der Waals surface area contributed by atoms with E-state index in [-0.39, 0.29) is 17.4 Å². The molecule has 0 bridgehead atoms. The van der Waals surface area contributed by atoms with Crippen LogP contribution in [0.4, 0.5) is 14.5 Å². The van der Waals surface area contributed by atoms with Crippen molar-refractivity contribution in [1.29, 1.82) is 0 Å². The summed E-state index contributed by atoms with van der Waals surface area (Å²) < 4.78 is 36.1. The van der Waals surface area contributed by atoms with Crippen LogP contribution in [-0.2, 0) is 4.74 Å². The first-order valence-electron chi connectivity index (χ1n) is 7.79. The summed E-state index contributed by atoms with van der Waals surface area (Å²) in [5.74, 6) is -0.577. The third kappa shape index (κ3) is 4.59. The molecule has 0 radical (unpaired) electrons. The summed E-state index contributed by atoms with van der Waals surface area (Å²) in [5, 5.41) is 2.62. The Balaban J connectivity index is 1.72. The molecule has 26 heavy (non-hydrogen) atoms. The van der Waals surface area contributed by atoms with Crippen LogP contribution < -0.4 is 15.6 Å². The third-order valence-corrected chi connectivity index (χ3v) is 3.92. The number of pyridine rings is 1. The quantitative estimate of drug-likeness (QED) is 0.803. The molecule has 1 aliphatic heterocycles. The zero-order valence-corrected chi connectivity index (χ0v) is 14.2. The average molecular weight is 385 g/mol. The Bertz CT molecular complexity index is 843. The number of benzene rings is 1. The largest absolute Gasteiger partial charge is 0.487 e. The van der Waals surface area contributed by atoms with E-state index in [1.165, 1.54) is 47.2 Å². The van der Waals surface area contributed by atoms with Gasteiger partial charge < -0.3 is 19.4 Å². The minimum absolute atomic E-state index is 0.0936. The summed E-state index contributed by atoms with van der Waals surface area (Å²) in [5.41, 5.74) is -3.34. The van der Waals surface area contributed by atoms with Crippen molar-refractivity contribution in [3.05, 3.63) is 58.5 Å². The number of rotatable bonds is 5. The van der Waals surface area contributed by atoms with Gasteiger partial charge in [0.15, 0.2) is 0 Å². The monoisotopic (exact) mass is 384 g/mol. The Kier molecular flexibility index (Phi) is 5.24. The topological polar surface area (TPSA) is 69.6 Å². The van der Waals surface area contributed by atoms with Gasteiger partial charge in [-0.3, -0.25) is 9.59 Å². The molecule has 2 aromatic rings. The normalized spacial score (nSPS) is 17.1. The van der Waals surface area contributed by atoms with Crippen LogP contribution in [0.25, 0.3) is 0 Å². The smallest absolute Gasteiger partial charge is 0.420 e. The van der Waals surface area contributed by atoms with Crippen LogP contribution in [0.15, 0.2) is 47.4 Å². The van der Waals surface area contributed by atoms with Gasteiger partial charge in [-0.2, -0.15) is 0 Å². The van der Waals surface area contributed by atoms with Crippen molar-refractivity contribution in [1.82, 2.24) is 4.57 Å². The number of amides is 1.